The van der Waals surface area contributed by atoms with Gasteiger partial charge in [-0.2, -0.15) is 0 Å². The predicted octanol–water partition coefficient (Wildman–Crippen LogP) is 3.45. The van der Waals surface area contributed by atoms with Crippen LogP contribution in [0, 0.1) is 5.92 Å². The molecule has 2 amide bonds. The highest BCUT2D eigenvalue weighted by Crippen LogP contribution is 2.35. The summed E-state index contributed by atoms with van der Waals surface area (Å²) in [5.74, 6) is 0.945. The van der Waals surface area contributed by atoms with Crippen molar-refractivity contribution in [3.63, 3.8) is 0 Å². The molecule has 0 bridgehead atoms. The zero-order chi connectivity index (χ0) is 19.7. The van der Waals surface area contributed by atoms with Crippen molar-refractivity contribution in [2.75, 3.05) is 25.2 Å². The number of benzene rings is 2. The third-order valence-electron chi connectivity index (χ3n) is 5.19. The van der Waals surface area contributed by atoms with Crippen molar-refractivity contribution >= 4 is 33.4 Å². The van der Waals surface area contributed by atoms with E-state index in [1.807, 2.05) is 42.5 Å². The van der Waals surface area contributed by atoms with Crippen molar-refractivity contribution in [1.29, 1.82) is 0 Å². The second-order valence-corrected chi connectivity index (χ2v) is 7.90. The molecule has 0 radical (unpaired) electrons. The molecule has 28 heavy (non-hydrogen) atoms. The first-order chi connectivity index (χ1) is 13.5. The molecule has 0 saturated carbocycles. The summed E-state index contributed by atoms with van der Waals surface area (Å²) in [4.78, 5) is 27.0. The molecule has 2 heterocycles. The van der Waals surface area contributed by atoms with Gasteiger partial charge in [0.15, 0.2) is 0 Å². The van der Waals surface area contributed by atoms with E-state index in [4.69, 9.17) is 9.47 Å². The number of halogens is 1. The monoisotopic (exact) mass is 444 g/mol. The molecule has 2 aliphatic rings. The Morgan fingerprint density at radius 2 is 2.14 bits per heavy atom. The molecule has 7 heteroatoms. The van der Waals surface area contributed by atoms with Gasteiger partial charge in [-0.25, -0.2) is 0 Å². The van der Waals surface area contributed by atoms with Gasteiger partial charge in [0.25, 0.3) is 0 Å². The van der Waals surface area contributed by atoms with Crippen LogP contribution in [0.3, 0.4) is 0 Å². The van der Waals surface area contributed by atoms with Gasteiger partial charge in [-0.1, -0.05) is 22.0 Å². The third kappa shape index (κ3) is 3.71. The Morgan fingerprint density at radius 1 is 1.29 bits per heavy atom. The average molecular weight is 445 g/mol. The minimum absolute atomic E-state index is 0.0523. The number of rotatable bonds is 4. The molecule has 1 saturated heterocycles. The number of amides is 2. The van der Waals surface area contributed by atoms with Crippen LogP contribution in [0.2, 0.25) is 0 Å². The summed E-state index contributed by atoms with van der Waals surface area (Å²) in [7, 11) is 1.59. The summed E-state index contributed by atoms with van der Waals surface area (Å²) in [6.45, 7) is 0.922. The second-order valence-electron chi connectivity index (χ2n) is 6.99. The van der Waals surface area contributed by atoms with Crippen LogP contribution in [-0.2, 0) is 9.59 Å². The Labute approximate surface area is 171 Å². The third-order valence-corrected chi connectivity index (χ3v) is 5.68. The van der Waals surface area contributed by atoms with Crippen molar-refractivity contribution in [2.24, 2.45) is 5.92 Å². The zero-order valence-corrected chi connectivity index (χ0v) is 17.1. The molecule has 4 rings (SSSR count). The van der Waals surface area contributed by atoms with E-state index in [0.717, 1.165) is 21.5 Å². The lowest BCUT2D eigenvalue weighted by Crippen LogP contribution is -2.37. The summed E-state index contributed by atoms with van der Waals surface area (Å²) in [6.07, 6.45) is 0.910. The summed E-state index contributed by atoms with van der Waals surface area (Å²) in [5, 5.41) is 3.12. The number of methoxy groups -OCH3 is 1. The second kappa shape index (κ2) is 7.83. The van der Waals surface area contributed by atoms with Gasteiger partial charge >= 0.3 is 0 Å². The molecule has 2 aliphatic heterocycles. The van der Waals surface area contributed by atoms with Gasteiger partial charge in [0.05, 0.1) is 25.7 Å². The Kier molecular flexibility index (Phi) is 5.26. The van der Waals surface area contributed by atoms with Gasteiger partial charge in [-0.05, 0) is 30.3 Å². The lowest BCUT2D eigenvalue weighted by Gasteiger charge is -2.28. The number of hydrogen-bond acceptors (Lipinski definition) is 4. The van der Waals surface area contributed by atoms with E-state index < -0.39 is 0 Å². The number of carbonyl (C=O) groups is 2. The van der Waals surface area contributed by atoms with Crippen LogP contribution in [0.5, 0.6) is 11.5 Å². The first-order valence-electron chi connectivity index (χ1n) is 9.22. The van der Waals surface area contributed by atoms with Gasteiger partial charge in [-0.15, -0.1) is 0 Å². The van der Waals surface area contributed by atoms with Crippen molar-refractivity contribution in [2.45, 2.75) is 18.9 Å². The molecule has 2 aromatic carbocycles. The first-order valence-corrected chi connectivity index (χ1v) is 10.0. The van der Waals surface area contributed by atoms with Crippen LogP contribution in [0.1, 0.15) is 24.4 Å². The fourth-order valence-electron chi connectivity index (χ4n) is 3.72. The van der Waals surface area contributed by atoms with Crippen LogP contribution in [0.15, 0.2) is 46.9 Å². The number of ether oxygens (including phenoxy) is 2. The fraction of sp³-hybridized carbons (Fsp3) is 0.333. The molecule has 1 N–H and O–H groups in total. The van der Waals surface area contributed by atoms with E-state index in [2.05, 4.69) is 21.2 Å². The maximum atomic E-state index is 12.9. The molecular formula is C21H21BrN2O4. The van der Waals surface area contributed by atoms with Crippen LogP contribution in [-0.4, -0.2) is 32.1 Å². The van der Waals surface area contributed by atoms with Crippen LogP contribution in [0.4, 0.5) is 5.69 Å². The van der Waals surface area contributed by atoms with E-state index in [-0.39, 0.29) is 30.2 Å². The number of nitrogens with zero attached hydrogens (tertiary/aromatic N) is 1. The predicted molar refractivity (Wildman–Crippen MR) is 109 cm³/mol. The van der Waals surface area contributed by atoms with E-state index in [9.17, 15) is 9.59 Å². The van der Waals surface area contributed by atoms with E-state index >= 15 is 0 Å². The maximum absolute atomic E-state index is 12.9. The zero-order valence-electron chi connectivity index (χ0n) is 15.5. The number of carbonyl (C=O) groups excluding carboxylic acids is 2. The molecule has 0 aliphatic carbocycles. The van der Waals surface area contributed by atoms with Crippen molar-refractivity contribution in [3.8, 4) is 11.5 Å². The minimum atomic E-state index is -0.378. The highest BCUT2D eigenvalue weighted by molar-refractivity contribution is 9.10. The van der Waals surface area contributed by atoms with Gasteiger partial charge in [0, 0.05) is 41.2 Å². The Morgan fingerprint density at radius 3 is 2.96 bits per heavy atom. The topological polar surface area (TPSA) is 67.9 Å². The molecule has 2 atom stereocenters. The molecule has 0 spiro atoms. The Balaban J connectivity index is 1.47. The van der Waals surface area contributed by atoms with Gasteiger partial charge < -0.3 is 19.7 Å². The fourth-order valence-corrected chi connectivity index (χ4v) is 4.09. The summed E-state index contributed by atoms with van der Waals surface area (Å²) in [6, 6.07) is 13.0. The average Bonchev–Trinajstić information content (AvgIpc) is 3.10. The van der Waals surface area contributed by atoms with Gasteiger partial charge in [0.2, 0.25) is 11.8 Å². The number of anilines is 1. The smallest absolute Gasteiger partial charge is 0.227 e. The quantitative estimate of drug-likeness (QED) is 0.783. The molecule has 2 aromatic rings. The Bertz CT molecular complexity index is 917. The van der Waals surface area contributed by atoms with E-state index in [1.54, 1.807) is 12.0 Å². The van der Waals surface area contributed by atoms with Crippen molar-refractivity contribution in [3.05, 3.63) is 52.5 Å². The van der Waals surface area contributed by atoms with Crippen LogP contribution < -0.4 is 19.7 Å². The van der Waals surface area contributed by atoms with E-state index in [1.165, 1.54) is 0 Å². The molecular weight excluding hydrogens is 424 g/mol. The normalized spacial score (nSPS) is 21.1. The number of nitrogens with one attached hydrogen (secondary N) is 1. The molecule has 6 nitrogen and oxygen atoms in total. The van der Waals surface area contributed by atoms with Crippen LogP contribution >= 0.6 is 15.9 Å². The molecule has 146 valence electrons. The highest BCUT2D eigenvalue weighted by atomic mass is 79.9. The van der Waals surface area contributed by atoms with Crippen molar-refractivity contribution < 1.29 is 19.1 Å². The molecule has 1 fully saturated rings. The Hall–Kier alpha value is -2.54. The summed E-state index contributed by atoms with van der Waals surface area (Å²) >= 11 is 3.47. The van der Waals surface area contributed by atoms with E-state index in [0.29, 0.717) is 25.3 Å². The SMILES string of the molecule is COc1cccc(N2CC(C(=O)NC3CCOc4ccc(Br)cc43)CC2=O)c1. The summed E-state index contributed by atoms with van der Waals surface area (Å²) < 4.78 is 11.9. The molecule has 2 unspecified atom stereocenters. The van der Waals surface area contributed by atoms with Gasteiger partial charge in [0.1, 0.15) is 11.5 Å². The lowest BCUT2D eigenvalue weighted by molar-refractivity contribution is -0.127. The first kappa shape index (κ1) is 18.8. The molecule has 0 aromatic heterocycles. The van der Waals surface area contributed by atoms with Crippen LogP contribution in [0.25, 0.3) is 0 Å². The standard InChI is InChI=1S/C21H21BrN2O4/c1-27-16-4-2-3-15(11-16)24-12-13(9-20(24)25)21(26)23-18-7-8-28-19-6-5-14(22)10-17(18)19/h2-6,10-11,13,18H,7-9,12H2,1H3,(H,23,26). The van der Waals surface area contributed by atoms with Gasteiger partial charge in [-0.3, -0.25) is 9.59 Å². The maximum Gasteiger partial charge on any atom is 0.227 e. The largest absolute Gasteiger partial charge is 0.497 e. The number of fused-ring (bicyclic) bond motifs is 1. The highest BCUT2D eigenvalue weighted by Gasteiger charge is 2.36. The number of hydrogen-bond donors (Lipinski definition) is 1. The van der Waals surface area contributed by atoms with Crippen molar-refractivity contribution in [1.82, 2.24) is 5.32 Å². The minimum Gasteiger partial charge on any atom is -0.497 e. The lowest BCUT2D eigenvalue weighted by atomic mass is 9.99. The summed E-state index contributed by atoms with van der Waals surface area (Å²) in [5.41, 5.74) is 1.71.